The Hall–Kier alpha value is -2.13. The Balaban J connectivity index is 1.74. The molecule has 3 amide bonds. The van der Waals surface area contributed by atoms with Crippen molar-refractivity contribution in [3.05, 3.63) is 29.8 Å². The molecule has 0 aliphatic carbocycles. The molecular formula is C17H23N5O2S2. The summed E-state index contributed by atoms with van der Waals surface area (Å²) in [6, 6.07) is 7.43. The fraction of sp³-hybridized carbons (Fsp3) is 0.412. The van der Waals surface area contributed by atoms with Gasteiger partial charge in [-0.15, -0.1) is 10.2 Å². The third kappa shape index (κ3) is 7.01. The van der Waals surface area contributed by atoms with Gasteiger partial charge in [0.1, 0.15) is 0 Å². The third-order valence-electron chi connectivity index (χ3n) is 3.38. The Kier molecular flexibility index (Phi) is 7.86. The molecule has 0 atom stereocenters. The molecule has 0 fully saturated rings. The van der Waals surface area contributed by atoms with Gasteiger partial charge < -0.3 is 10.6 Å². The summed E-state index contributed by atoms with van der Waals surface area (Å²) < 4.78 is 0.663. The van der Waals surface area contributed by atoms with Gasteiger partial charge in [-0.3, -0.25) is 10.1 Å². The van der Waals surface area contributed by atoms with Crippen LogP contribution in [0.1, 0.15) is 25.8 Å². The van der Waals surface area contributed by atoms with Crippen LogP contribution in [0.2, 0.25) is 0 Å². The Morgan fingerprint density at radius 1 is 1.23 bits per heavy atom. The van der Waals surface area contributed by atoms with Crippen LogP contribution in [-0.2, 0) is 4.79 Å². The van der Waals surface area contributed by atoms with Crippen LogP contribution in [0.5, 0.6) is 0 Å². The Morgan fingerprint density at radius 2 is 2.00 bits per heavy atom. The summed E-state index contributed by atoms with van der Waals surface area (Å²) in [6.45, 7) is 6.71. The molecule has 0 radical (unpaired) electrons. The third-order valence-corrected chi connectivity index (χ3v) is 5.35. The monoisotopic (exact) mass is 393 g/mol. The molecule has 3 N–H and O–H groups in total. The summed E-state index contributed by atoms with van der Waals surface area (Å²) in [5.74, 6) is 0.249. The fourth-order valence-electron chi connectivity index (χ4n) is 1.96. The van der Waals surface area contributed by atoms with Gasteiger partial charge in [-0.1, -0.05) is 55.1 Å². The first kappa shape index (κ1) is 20.2. The quantitative estimate of drug-likeness (QED) is 0.594. The van der Waals surface area contributed by atoms with E-state index in [-0.39, 0.29) is 11.7 Å². The number of aryl methyl sites for hydroxylation is 1. The predicted molar refractivity (Wildman–Crippen MR) is 106 cm³/mol. The highest BCUT2D eigenvalue weighted by atomic mass is 32.2. The second-order valence-electron chi connectivity index (χ2n) is 6.09. The minimum absolute atomic E-state index is 0.108. The number of thioether (sulfide) groups is 1. The summed E-state index contributed by atoms with van der Waals surface area (Å²) in [5, 5.41) is 17.0. The molecular weight excluding hydrogens is 370 g/mol. The number of hydrogen-bond acceptors (Lipinski definition) is 7. The lowest BCUT2D eigenvalue weighted by Gasteiger charge is -2.07. The van der Waals surface area contributed by atoms with E-state index in [1.54, 1.807) is 0 Å². The maximum atomic E-state index is 11.8. The zero-order valence-electron chi connectivity index (χ0n) is 15.0. The lowest BCUT2D eigenvalue weighted by atomic mass is 10.1. The number of carbonyl (C=O) groups excluding carboxylic acids is 2. The molecule has 0 aliphatic rings. The standard InChI is InChI=1S/C17H23N5O2S2/c1-11(2)8-9-18-15(24)20-14(23)10-25-17-22-21-16(26-17)19-13-7-5-4-6-12(13)3/h4-7,11H,8-10H2,1-3H3,(H,19,21)(H2,18,20,23,24). The van der Waals surface area contributed by atoms with Crippen molar-refractivity contribution in [3.8, 4) is 0 Å². The Bertz CT molecular complexity index is 748. The van der Waals surface area contributed by atoms with Gasteiger partial charge >= 0.3 is 6.03 Å². The molecule has 0 aliphatic heterocycles. The zero-order valence-corrected chi connectivity index (χ0v) is 16.7. The van der Waals surface area contributed by atoms with E-state index in [2.05, 4.69) is 40.0 Å². The number of para-hydroxylation sites is 1. The molecule has 1 aromatic heterocycles. The van der Waals surface area contributed by atoms with Crippen molar-refractivity contribution in [2.24, 2.45) is 5.92 Å². The van der Waals surface area contributed by atoms with E-state index < -0.39 is 6.03 Å². The van der Waals surface area contributed by atoms with Crippen LogP contribution >= 0.6 is 23.1 Å². The lowest BCUT2D eigenvalue weighted by Crippen LogP contribution is -2.40. The van der Waals surface area contributed by atoms with E-state index in [1.165, 1.54) is 23.1 Å². The van der Waals surface area contributed by atoms with Gasteiger partial charge in [-0.05, 0) is 30.9 Å². The number of nitrogens with zero attached hydrogens (tertiary/aromatic N) is 2. The minimum atomic E-state index is -0.463. The van der Waals surface area contributed by atoms with Crippen LogP contribution in [0, 0.1) is 12.8 Å². The van der Waals surface area contributed by atoms with Gasteiger partial charge in [0.05, 0.1) is 5.75 Å². The number of urea groups is 1. The second kappa shape index (κ2) is 10.1. The molecule has 7 nitrogen and oxygen atoms in total. The Morgan fingerprint density at radius 3 is 2.73 bits per heavy atom. The smallest absolute Gasteiger partial charge is 0.321 e. The van der Waals surface area contributed by atoms with Crippen LogP contribution in [-0.4, -0.2) is 34.4 Å². The molecule has 26 heavy (non-hydrogen) atoms. The number of aromatic nitrogens is 2. The highest BCUT2D eigenvalue weighted by Gasteiger charge is 2.11. The highest BCUT2D eigenvalue weighted by molar-refractivity contribution is 8.01. The number of rotatable bonds is 8. The SMILES string of the molecule is Cc1ccccc1Nc1nnc(SCC(=O)NC(=O)NCCC(C)C)s1. The first-order valence-corrected chi connectivity index (χ1v) is 10.1. The van der Waals surface area contributed by atoms with Gasteiger partial charge in [0.15, 0.2) is 4.34 Å². The minimum Gasteiger partial charge on any atom is -0.338 e. The topological polar surface area (TPSA) is 96.0 Å². The van der Waals surface area contributed by atoms with Crippen molar-refractivity contribution >= 4 is 45.9 Å². The number of anilines is 2. The van der Waals surface area contributed by atoms with E-state index in [1.807, 2.05) is 31.2 Å². The van der Waals surface area contributed by atoms with Crippen LogP contribution in [0.15, 0.2) is 28.6 Å². The summed E-state index contributed by atoms with van der Waals surface area (Å²) in [7, 11) is 0. The van der Waals surface area contributed by atoms with E-state index in [0.29, 0.717) is 21.9 Å². The maximum absolute atomic E-state index is 11.8. The Labute approximate surface area is 161 Å². The second-order valence-corrected chi connectivity index (χ2v) is 8.29. The molecule has 2 aromatic rings. The van der Waals surface area contributed by atoms with Gasteiger partial charge in [0, 0.05) is 12.2 Å². The molecule has 0 bridgehead atoms. The van der Waals surface area contributed by atoms with E-state index >= 15 is 0 Å². The molecule has 1 heterocycles. The van der Waals surface area contributed by atoms with E-state index in [4.69, 9.17) is 0 Å². The largest absolute Gasteiger partial charge is 0.338 e. The number of amides is 3. The molecule has 2 rings (SSSR count). The predicted octanol–water partition coefficient (Wildman–Crippen LogP) is 3.55. The van der Waals surface area contributed by atoms with Crippen molar-refractivity contribution in [1.82, 2.24) is 20.8 Å². The summed E-state index contributed by atoms with van der Waals surface area (Å²) >= 11 is 2.61. The number of benzene rings is 1. The van der Waals surface area contributed by atoms with Crippen molar-refractivity contribution in [2.45, 2.75) is 31.5 Å². The first-order valence-electron chi connectivity index (χ1n) is 8.30. The van der Waals surface area contributed by atoms with E-state index in [0.717, 1.165) is 17.7 Å². The lowest BCUT2D eigenvalue weighted by molar-refractivity contribution is -0.117. The van der Waals surface area contributed by atoms with Crippen molar-refractivity contribution in [3.63, 3.8) is 0 Å². The number of carbonyl (C=O) groups is 2. The average molecular weight is 394 g/mol. The van der Waals surface area contributed by atoms with Crippen LogP contribution in [0.25, 0.3) is 0 Å². The number of nitrogens with one attached hydrogen (secondary N) is 3. The summed E-state index contributed by atoms with van der Waals surface area (Å²) in [6.07, 6.45) is 0.873. The van der Waals surface area contributed by atoms with Crippen molar-refractivity contribution in [2.75, 3.05) is 17.6 Å². The molecule has 0 saturated carbocycles. The summed E-state index contributed by atoms with van der Waals surface area (Å²) in [5.41, 5.74) is 2.08. The summed E-state index contributed by atoms with van der Waals surface area (Å²) in [4.78, 5) is 23.4. The van der Waals surface area contributed by atoms with E-state index in [9.17, 15) is 9.59 Å². The fourth-order valence-corrected chi connectivity index (χ4v) is 3.52. The van der Waals surface area contributed by atoms with Gasteiger partial charge in [-0.2, -0.15) is 0 Å². The normalized spacial score (nSPS) is 10.6. The molecule has 140 valence electrons. The number of hydrogen-bond donors (Lipinski definition) is 3. The molecule has 0 unspecified atom stereocenters. The van der Waals surface area contributed by atoms with Crippen LogP contribution in [0.3, 0.4) is 0 Å². The van der Waals surface area contributed by atoms with Crippen LogP contribution < -0.4 is 16.0 Å². The van der Waals surface area contributed by atoms with Gasteiger partial charge in [0.25, 0.3) is 0 Å². The van der Waals surface area contributed by atoms with Crippen molar-refractivity contribution < 1.29 is 9.59 Å². The van der Waals surface area contributed by atoms with Gasteiger partial charge in [-0.25, -0.2) is 4.79 Å². The molecule has 9 heteroatoms. The molecule has 1 aromatic carbocycles. The first-order chi connectivity index (χ1) is 12.4. The molecule has 0 saturated heterocycles. The maximum Gasteiger partial charge on any atom is 0.321 e. The highest BCUT2D eigenvalue weighted by Crippen LogP contribution is 2.28. The zero-order chi connectivity index (χ0) is 18.9. The van der Waals surface area contributed by atoms with Crippen molar-refractivity contribution in [1.29, 1.82) is 0 Å². The average Bonchev–Trinajstić information content (AvgIpc) is 3.02. The van der Waals surface area contributed by atoms with Crippen LogP contribution in [0.4, 0.5) is 15.6 Å². The van der Waals surface area contributed by atoms with Gasteiger partial charge in [0.2, 0.25) is 11.0 Å². The number of imide groups is 1. The molecule has 0 spiro atoms.